The van der Waals surface area contributed by atoms with Crippen LogP contribution in [-0.2, 0) is 0 Å². The Bertz CT molecular complexity index is 1240. The first-order valence-corrected chi connectivity index (χ1v) is 10.3. The largest absolute Gasteiger partial charge is 0.368 e. The minimum Gasteiger partial charge on any atom is -0.368 e. The van der Waals surface area contributed by atoms with E-state index >= 15 is 0 Å². The van der Waals surface area contributed by atoms with Gasteiger partial charge in [0.1, 0.15) is 0 Å². The van der Waals surface area contributed by atoms with Crippen LogP contribution in [-0.4, -0.2) is 56.5 Å². The van der Waals surface area contributed by atoms with Gasteiger partial charge < -0.3 is 9.30 Å². The van der Waals surface area contributed by atoms with Crippen LogP contribution >= 0.6 is 0 Å². The van der Waals surface area contributed by atoms with E-state index in [1.807, 2.05) is 25.4 Å². The number of rotatable bonds is 2. The van der Waals surface area contributed by atoms with Gasteiger partial charge in [0, 0.05) is 60.4 Å². The third-order valence-corrected chi connectivity index (χ3v) is 6.17. The predicted molar refractivity (Wildman–Crippen MR) is 117 cm³/mol. The molecule has 6 nitrogen and oxygen atoms in total. The molecule has 1 aliphatic heterocycles. The van der Waals surface area contributed by atoms with E-state index in [1.54, 1.807) is 10.6 Å². The number of hydrogen-bond donors (Lipinski definition) is 0. The Morgan fingerprint density at radius 1 is 1.03 bits per heavy atom. The molecule has 1 aromatic carbocycles. The molecule has 2 unspecified atom stereocenters. The lowest BCUT2D eigenvalue weighted by molar-refractivity contribution is 0.170. The van der Waals surface area contributed by atoms with Gasteiger partial charge in [0.25, 0.3) is 0 Å². The van der Waals surface area contributed by atoms with Gasteiger partial charge >= 0.3 is 0 Å². The number of likely N-dealkylation sites (N-methyl/N-ethyl adjacent to an activating group) is 1. The maximum Gasteiger partial charge on any atom is 0.173 e. The lowest BCUT2D eigenvalue weighted by atomic mass is 10.1. The molecule has 0 spiro atoms. The van der Waals surface area contributed by atoms with E-state index in [-0.39, 0.29) is 5.82 Å². The summed E-state index contributed by atoms with van der Waals surface area (Å²) in [7, 11) is 2.19. The lowest BCUT2D eigenvalue weighted by Gasteiger charge is -2.43. The maximum atomic E-state index is 14.5. The molecule has 0 aliphatic carbocycles. The highest BCUT2D eigenvalue weighted by molar-refractivity contribution is 5.83. The van der Waals surface area contributed by atoms with Crippen LogP contribution in [0.15, 0.2) is 42.9 Å². The Balaban J connectivity index is 1.49. The summed E-state index contributed by atoms with van der Waals surface area (Å²) in [5.41, 5.74) is 3.75. The van der Waals surface area contributed by atoms with Crippen LogP contribution in [0.1, 0.15) is 19.5 Å². The van der Waals surface area contributed by atoms with E-state index < -0.39 is 0 Å². The van der Waals surface area contributed by atoms with Crippen molar-refractivity contribution in [1.82, 2.24) is 24.3 Å². The number of imidazole rings is 1. The summed E-state index contributed by atoms with van der Waals surface area (Å²) < 4.78 is 16.1. The average Bonchev–Trinajstić information content (AvgIpc) is 3.11. The van der Waals surface area contributed by atoms with Crippen LogP contribution in [0.3, 0.4) is 0 Å². The highest BCUT2D eigenvalue weighted by atomic mass is 19.1. The fourth-order valence-electron chi connectivity index (χ4n) is 4.27. The second-order valence-electron chi connectivity index (χ2n) is 8.40. The van der Waals surface area contributed by atoms with Gasteiger partial charge in [-0.3, -0.25) is 4.90 Å². The number of halogens is 1. The zero-order valence-electron chi connectivity index (χ0n) is 17.7. The van der Waals surface area contributed by atoms with Crippen molar-refractivity contribution in [1.29, 1.82) is 0 Å². The van der Waals surface area contributed by atoms with Crippen LogP contribution in [0.25, 0.3) is 27.9 Å². The molecule has 5 rings (SSSR count). The minimum atomic E-state index is -0.377. The number of aromatic nitrogens is 4. The van der Waals surface area contributed by atoms with Crippen LogP contribution in [0.4, 0.5) is 10.1 Å². The van der Waals surface area contributed by atoms with E-state index in [1.165, 1.54) is 11.8 Å². The number of fused-ring (bicyclic) bond motifs is 2. The average molecular weight is 404 g/mol. The Hall–Kier alpha value is -3.06. The lowest BCUT2D eigenvalue weighted by Crippen LogP contribution is -2.55. The maximum absolute atomic E-state index is 14.5. The van der Waals surface area contributed by atoms with Crippen LogP contribution < -0.4 is 4.90 Å². The number of piperazine rings is 1. The molecule has 4 heterocycles. The van der Waals surface area contributed by atoms with Gasteiger partial charge in [0.15, 0.2) is 17.3 Å². The number of aryl methyl sites for hydroxylation is 1. The first-order valence-electron chi connectivity index (χ1n) is 10.3. The van der Waals surface area contributed by atoms with Gasteiger partial charge in [-0.2, -0.15) is 0 Å². The summed E-state index contributed by atoms with van der Waals surface area (Å²) in [6, 6.07) is 8.74. The zero-order chi connectivity index (χ0) is 21.0. The second kappa shape index (κ2) is 7.02. The molecular formula is C23H25FN6. The fraction of sp³-hybridized carbons (Fsp3) is 0.348. The molecule has 0 N–H and O–H groups in total. The smallest absolute Gasteiger partial charge is 0.173 e. The predicted octanol–water partition coefficient (Wildman–Crippen LogP) is 3.92. The Morgan fingerprint density at radius 3 is 2.57 bits per heavy atom. The Kier molecular flexibility index (Phi) is 4.43. The van der Waals surface area contributed by atoms with E-state index in [9.17, 15) is 4.39 Å². The molecule has 0 saturated carbocycles. The van der Waals surface area contributed by atoms with E-state index in [0.29, 0.717) is 29.1 Å². The van der Waals surface area contributed by atoms with Gasteiger partial charge in [0.05, 0.1) is 11.2 Å². The van der Waals surface area contributed by atoms with E-state index in [2.05, 4.69) is 52.8 Å². The summed E-state index contributed by atoms with van der Waals surface area (Å²) in [4.78, 5) is 18.3. The number of pyridine rings is 1. The molecule has 1 fully saturated rings. The van der Waals surface area contributed by atoms with Crippen molar-refractivity contribution in [3.8, 4) is 11.4 Å². The zero-order valence-corrected chi connectivity index (χ0v) is 17.7. The van der Waals surface area contributed by atoms with Crippen molar-refractivity contribution >= 4 is 22.2 Å². The second-order valence-corrected chi connectivity index (χ2v) is 8.40. The van der Waals surface area contributed by atoms with Crippen molar-refractivity contribution in [2.75, 3.05) is 25.0 Å². The molecular weight excluding hydrogens is 379 g/mol. The van der Waals surface area contributed by atoms with E-state index in [0.717, 1.165) is 29.7 Å². The van der Waals surface area contributed by atoms with Crippen molar-refractivity contribution in [3.05, 3.63) is 54.4 Å². The highest BCUT2D eigenvalue weighted by Crippen LogP contribution is 2.27. The number of benzene rings is 1. The molecule has 2 atom stereocenters. The van der Waals surface area contributed by atoms with Gasteiger partial charge in [-0.25, -0.2) is 19.3 Å². The standard InChI is InChI=1S/C23H25FN6/c1-14-10-30-13-18(8-20(24)23(30)26-14)22-25-9-17-7-19(5-6-21(17)27-22)29-11-15(2)28(4)16(3)12-29/h5-10,13,15-16H,11-12H2,1-4H3. The molecule has 1 saturated heterocycles. The SMILES string of the molecule is Cc1cn2cc(-c3ncc4cc(N5CC(C)N(C)C(C)C5)ccc4n3)cc(F)c2n1. The van der Waals surface area contributed by atoms with Crippen molar-refractivity contribution in [2.24, 2.45) is 0 Å². The molecule has 0 bridgehead atoms. The van der Waals surface area contributed by atoms with Crippen molar-refractivity contribution in [3.63, 3.8) is 0 Å². The number of hydrogen-bond acceptors (Lipinski definition) is 5. The number of nitrogens with zero attached hydrogens (tertiary/aromatic N) is 6. The van der Waals surface area contributed by atoms with Gasteiger partial charge in [0.2, 0.25) is 0 Å². The molecule has 4 aromatic rings. The molecule has 30 heavy (non-hydrogen) atoms. The van der Waals surface area contributed by atoms with E-state index in [4.69, 9.17) is 4.98 Å². The molecule has 154 valence electrons. The first-order chi connectivity index (χ1) is 14.4. The summed E-state index contributed by atoms with van der Waals surface area (Å²) in [6.07, 6.45) is 5.44. The van der Waals surface area contributed by atoms with Crippen molar-refractivity contribution < 1.29 is 4.39 Å². The number of anilines is 1. The Morgan fingerprint density at radius 2 is 1.80 bits per heavy atom. The third kappa shape index (κ3) is 3.19. The summed E-state index contributed by atoms with van der Waals surface area (Å²) >= 11 is 0. The molecule has 1 aliphatic rings. The molecule has 7 heteroatoms. The fourth-order valence-corrected chi connectivity index (χ4v) is 4.27. The van der Waals surface area contributed by atoms with Crippen LogP contribution in [0, 0.1) is 12.7 Å². The van der Waals surface area contributed by atoms with Gasteiger partial charge in [-0.1, -0.05) is 0 Å². The third-order valence-electron chi connectivity index (χ3n) is 6.17. The molecule has 3 aromatic heterocycles. The van der Waals surface area contributed by atoms with Crippen LogP contribution in [0.2, 0.25) is 0 Å². The topological polar surface area (TPSA) is 49.6 Å². The van der Waals surface area contributed by atoms with Gasteiger partial charge in [-0.05, 0) is 52.1 Å². The van der Waals surface area contributed by atoms with Gasteiger partial charge in [-0.15, -0.1) is 0 Å². The normalized spacial score (nSPS) is 20.4. The highest BCUT2D eigenvalue weighted by Gasteiger charge is 2.26. The summed E-state index contributed by atoms with van der Waals surface area (Å²) in [6.45, 7) is 8.36. The quantitative estimate of drug-likeness (QED) is 0.507. The van der Waals surface area contributed by atoms with Crippen LogP contribution in [0.5, 0.6) is 0 Å². The minimum absolute atomic E-state index is 0.317. The molecule has 0 radical (unpaired) electrons. The van der Waals surface area contributed by atoms with Crippen molar-refractivity contribution in [2.45, 2.75) is 32.9 Å². The Labute approximate surface area is 175 Å². The monoisotopic (exact) mass is 404 g/mol. The summed E-state index contributed by atoms with van der Waals surface area (Å²) in [5.74, 6) is 0.127. The first kappa shape index (κ1) is 18.9. The molecule has 0 amide bonds. The summed E-state index contributed by atoms with van der Waals surface area (Å²) in [5, 5.41) is 0.982.